The summed E-state index contributed by atoms with van der Waals surface area (Å²) >= 11 is 0. The van der Waals surface area contributed by atoms with Gasteiger partial charge in [0.05, 0.1) is 6.54 Å². The van der Waals surface area contributed by atoms with Crippen LogP contribution in [0.3, 0.4) is 0 Å². The standard InChI is InChI=1S/C22H27N5O/c1-3-24-22(26-15-19-14-17-8-4-5-10-20(17)27-19)25-12-11-16-7-6-9-18(13-16)21(28)23-2/h4-10,13-14,27H,3,11-12,15H2,1-2H3,(H,23,28)(H2,24,25,26). The Bertz CT molecular complexity index is 927. The summed E-state index contributed by atoms with van der Waals surface area (Å²) in [4.78, 5) is 19.8. The smallest absolute Gasteiger partial charge is 0.251 e. The van der Waals surface area contributed by atoms with Gasteiger partial charge in [-0.25, -0.2) is 4.99 Å². The topological polar surface area (TPSA) is 81.3 Å². The van der Waals surface area contributed by atoms with Gasteiger partial charge < -0.3 is 20.9 Å². The SMILES string of the molecule is CCNC(=NCc1cc2ccccc2[nH]1)NCCc1cccc(C(=O)NC)c1. The second-order valence-corrected chi connectivity index (χ2v) is 6.53. The normalized spacial score (nSPS) is 11.4. The monoisotopic (exact) mass is 377 g/mol. The van der Waals surface area contributed by atoms with Crippen molar-refractivity contribution in [1.82, 2.24) is 20.9 Å². The molecule has 0 aliphatic heterocycles. The summed E-state index contributed by atoms with van der Waals surface area (Å²) in [5.41, 5.74) is 4.00. The first kappa shape index (κ1) is 19.5. The van der Waals surface area contributed by atoms with Crippen molar-refractivity contribution in [3.63, 3.8) is 0 Å². The summed E-state index contributed by atoms with van der Waals surface area (Å²) in [6.45, 7) is 4.16. The molecule has 28 heavy (non-hydrogen) atoms. The zero-order chi connectivity index (χ0) is 19.8. The zero-order valence-electron chi connectivity index (χ0n) is 16.4. The Morgan fingerprint density at radius 2 is 1.93 bits per heavy atom. The predicted octanol–water partition coefficient (Wildman–Crippen LogP) is 2.83. The van der Waals surface area contributed by atoms with Gasteiger partial charge in [0, 0.05) is 36.9 Å². The molecule has 0 radical (unpaired) electrons. The summed E-state index contributed by atoms with van der Waals surface area (Å²) in [5, 5.41) is 10.5. The average Bonchev–Trinajstić information content (AvgIpc) is 3.14. The van der Waals surface area contributed by atoms with Crippen LogP contribution >= 0.6 is 0 Å². The first-order chi connectivity index (χ1) is 13.7. The zero-order valence-corrected chi connectivity index (χ0v) is 16.4. The maximum Gasteiger partial charge on any atom is 0.251 e. The van der Waals surface area contributed by atoms with E-state index in [0.717, 1.165) is 42.2 Å². The molecule has 3 rings (SSSR count). The fourth-order valence-electron chi connectivity index (χ4n) is 3.06. The van der Waals surface area contributed by atoms with Gasteiger partial charge in [-0.05, 0) is 48.6 Å². The van der Waals surface area contributed by atoms with Crippen molar-refractivity contribution in [3.8, 4) is 0 Å². The number of rotatable bonds is 7. The number of carbonyl (C=O) groups excluding carboxylic acids is 1. The van der Waals surface area contributed by atoms with E-state index in [2.05, 4.69) is 44.1 Å². The van der Waals surface area contributed by atoms with Crippen molar-refractivity contribution in [2.75, 3.05) is 20.1 Å². The Morgan fingerprint density at radius 1 is 1.07 bits per heavy atom. The van der Waals surface area contributed by atoms with E-state index < -0.39 is 0 Å². The molecule has 6 heteroatoms. The largest absolute Gasteiger partial charge is 0.357 e. The maximum absolute atomic E-state index is 11.8. The van der Waals surface area contributed by atoms with Crippen LogP contribution in [0.1, 0.15) is 28.5 Å². The van der Waals surface area contributed by atoms with Crippen molar-refractivity contribution < 1.29 is 4.79 Å². The molecule has 4 N–H and O–H groups in total. The molecule has 1 amide bonds. The van der Waals surface area contributed by atoms with E-state index in [-0.39, 0.29) is 5.91 Å². The van der Waals surface area contributed by atoms with Gasteiger partial charge in [-0.1, -0.05) is 30.3 Å². The van der Waals surface area contributed by atoms with Crippen LogP contribution in [0.5, 0.6) is 0 Å². The lowest BCUT2D eigenvalue weighted by atomic mass is 10.1. The van der Waals surface area contributed by atoms with E-state index in [1.807, 2.05) is 43.3 Å². The number of fused-ring (bicyclic) bond motifs is 1. The number of aliphatic imine (C=N–C) groups is 1. The third-order valence-electron chi connectivity index (χ3n) is 4.46. The van der Waals surface area contributed by atoms with E-state index in [0.29, 0.717) is 12.1 Å². The fraction of sp³-hybridized carbons (Fsp3) is 0.273. The number of nitrogens with one attached hydrogen (secondary N) is 4. The van der Waals surface area contributed by atoms with Crippen LogP contribution in [0.4, 0.5) is 0 Å². The number of nitrogens with zero attached hydrogens (tertiary/aromatic N) is 1. The van der Waals surface area contributed by atoms with Gasteiger partial charge in [-0.3, -0.25) is 4.79 Å². The number of hydrogen-bond acceptors (Lipinski definition) is 2. The van der Waals surface area contributed by atoms with Gasteiger partial charge in [0.1, 0.15) is 0 Å². The molecule has 0 saturated carbocycles. The van der Waals surface area contributed by atoms with Crippen molar-refractivity contribution in [2.45, 2.75) is 19.9 Å². The number of benzene rings is 2. The fourth-order valence-corrected chi connectivity index (χ4v) is 3.06. The van der Waals surface area contributed by atoms with Gasteiger partial charge in [0.2, 0.25) is 0 Å². The number of aromatic nitrogens is 1. The summed E-state index contributed by atoms with van der Waals surface area (Å²) in [6.07, 6.45) is 0.807. The molecule has 0 unspecified atom stereocenters. The van der Waals surface area contributed by atoms with Crippen LogP contribution in [0.2, 0.25) is 0 Å². The lowest BCUT2D eigenvalue weighted by Gasteiger charge is -2.11. The molecule has 146 valence electrons. The van der Waals surface area contributed by atoms with Crippen LogP contribution in [0, 0.1) is 0 Å². The molecule has 1 heterocycles. The molecule has 0 spiro atoms. The van der Waals surface area contributed by atoms with E-state index in [9.17, 15) is 4.79 Å². The number of carbonyl (C=O) groups is 1. The van der Waals surface area contributed by atoms with E-state index >= 15 is 0 Å². The van der Waals surface area contributed by atoms with E-state index in [4.69, 9.17) is 0 Å². The average molecular weight is 377 g/mol. The van der Waals surface area contributed by atoms with Crippen LogP contribution < -0.4 is 16.0 Å². The third-order valence-corrected chi connectivity index (χ3v) is 4.46. The van der Waals surface area contributed by atoms with Crippen LogP contribution in [-0.4, -0.2) is 37.0 Å². The van der Waals surface area contributed by atoms with Crippen LogP contribution in [0.25, 0.3) is 10.9 Å². The minimum atomic E-state index is -0.0666. The Labute approximate surface area is 165 Å². The molecule has 0 aliphatic rings. The van der Waals surface area contributed by atoms with Gasteiger partial charge in [0.25, 0.3) is 5.91 Å². The molecule has 3 aromatic rings. The van der Waals surface area contributed by atoms with Crippen LogP contribution in [-0.2, 0) is 13.0 Å². The van der Waals surface area contributed by atoms with Gasteiger partial charge in [-0.2, -0.15) is 0 Å². The van der Waals surface area contributed by atoms with Crippen molar-refractivity contribution in [3.05, 3.63) is 71.4 Å². The first-order valence-corrected chi connectivity index (χ1v) is 9.59. The summed E-state index contributed by atoms with van der Waals surface area (Å²) in [7, 11) is 1.64. The molecule has 0 fully saturated rings. The Morgan fingerprint density at radius 3 is 2.71 bits per heavy atom. The number of guanidine groups is 1. The number of para-hydroxylation sites is 1. The highest BCUT2D eigenvalue weighted by atomic mass is 16.1. The summed E-state index contributed by atoms with van der Waals surface area (Å²) < 4.78 is 0. The molecular weight excluding hydrogens is 350 g/mol. The van der Waals surface area contributed by atoms with Crippen molar-refractivity contribution >= 4 is 22.8 Å². The maximum atomic E-state index is 11.8. The molecule has 0 aliphatic carbocycles. The minimum absolute atomic E-state index is 0.0666. The second kappa shape index (κ2) is 9.60. The molecule has 0 atom stereocenters. The van der Waals surface area contributed by atoms with Crippen LogP contribution in [0.15, 0.2) is 59.6 Å². The Kier molecular flexibility index (Phi) is 6.68. The summed E-state index contributed by atoms with van der Waals surface area (Å²) in [5.74, 6) is 0.714. The lowest BCUT2D eigenvalue weighted by molar-refractivity contribution is 0.0963. The number of H-pyrrole nitrogens is 1. The lowest BCUT2D eigenvalue weighted by Crippen LogP contribution is -2.38. The molecule has 2 aromatic carbocycles. The Hall–Kier alpha value is -3.28. The van der Waals surface area contributed by atoms with Gasteiger partial charge >= 0.3 is 0 Å². The highest BCUT2D eigenvalue weighted by Gasteiger charge is 2.04. The highest BCUT2D eigenvalue weighted by molar-refractivity contribution is 5.94. The second-order valence-electron chi connectivity index (χ2n) is 6.53. The van der Waals surface area contributed by atoms with Crippen molar-refractivity contribution in [2.24, 2.45) is 4.99 Å². The molecule has 1 aromatic heterocycles. The number of hydrogen-bond donors (Lipinski definition) is 4. The number of amides is 1. The van der Waals surface area contributed by atoms with E-state index in [1.54, 1.807) is 7.05 Å². The van der Waals surface area contributed by atoms with Gasteiger partial charge in [0.15, 0.2) is 5.96 Å². The third kappa shape index (κ3) is 5.13. The molecule has 0 bridgehead atoms. The quantitative estimate of drug-likeness (QED) is 0.378. The predicted molar refractivity (Wildman–Crippen MR) is 115 cm³/mol. The summed E-state index contributed by atoms with van der Waals surface area (Å²) in [6, 6.07) is 18.0. The Balaban J connectivity index is 1.58. The minimum Gasteiger partial charge on any atom is -0.357 e. The first-order valence-electron chi connectivity index (χ1n) is 9.59. The number of aromatic amines is 1. The van der Waals surface area contributed by atoms with Gasteiger partial charge in [-0.15, -0.1) is 0 Å². The van der Waals surface area contributed by atoms with Crippen molar-refractivity contribution in [1.29, 1.82) is 0 Å². The molecular formula is C22H27N5O. The molecule has 6 nitrogen and oxygen atoms in total. The van der Waals surface area contributed by atoms with E-state index in [1.165, 1.54) is 5.39 Å². The molecule has 0 saturated heterocycles. The highest BCUT2D eigenvalue weighted by Crippen LogP contribution is 2.15.